The molecule has 2 heterocycles. The van der Waals surface area contributed by atoms with Crippen molar-refractivity contribution in [2.45, 2.75) is 45.3 Å². The summed E-state index contributed by atoms with van der Waals surface area (Å²) >= 11 is 5.92. The number of fused-ring (bicyclic) bond motifs is 1. The number of benzene rings is 2. The first kappa shape index (κ1) is 26.3. The summed E-state index contributed by atoms with van der Waals surface area (Å²) in [6, 6.07) is 13.2. The van der Waals surface area contributed by atoms with Crippen molar-refractivity contribution in [3.63, 3.8) is 0 Å². The van der Waals surface area contributed by atoms with E-state index < -0.39 is 17.4 Å². The van der Waals surface area contributed by atoms with E-state index in [0.717, 1.165) is 11.1 Å². The van der Waals surface area contributed by atoms with Crippen LogP contribution in [-0.4, -0.2) is 50.8 Å². The highest BCUT2D eigenvalue weighted by atomic mass is 35.5. The minimum Gasteiger partial charge on any atom is -0.350 e. The maximum Gasteiger partial charge on any atom is 0.273 e. The van der Waals surface area contributed by atoms with Gasteiger partial charge in [0, 0.05) is 24.7 Å². The topological polar surface area (TPSA) is 96.3 Å². The Balaban J connectivity index is 1.48. The molecular weight excluding hydrogens is 497 g/mol. The minimum atomic E-state index is -1.19. The summed E-state index contributed by atoms with van der Waals surface area (Å²) in [6.07, 6.45) is 2.65. The lowest BCUT2D eigenvalue weighted by Gasteiger charge is -2.43. The Hall–Kier alpha value is -3.72. The molecule has 0 unspecified atom stereocenters. The second-order valence-corrected chi connectivity index (χ2v) is 9.68. The Bertz CT molecular complexity index is 1290. The molecular formula is C27H29ClFN5O3. The van der Waals surface area contributed by atoms with Crippen LogP contribution in [0.4, 0.5) is 4.39 Å². The average molecular weight is 526 g/mol. The highest BCUT2D eigenvalue weighted by Crippen LogP contribution is 2.29. The first-order valence-electron chi connectivity index (χ1n) is 12.2. The first-order chi connectivity index (χ1) is 17.7. The zero-order chi connectivity index (χ0) is 26.6. The Morgan fingerprint density at radius 3 is 2.43 bits per heavy atom. The Morgan fingerprint density at radius 2 is 1.76 bits per heavy atom. The lowest BCUT2D eigenvalue weighted by atomic mass is 9.94. The average Bonchev–Trinajstić information content (AvgIpc) is 3.31. The van der Waals surface area contributed by atoms with Crippen molar-refractivity contribution in [1.82, 2.24) is 25.1 Å². The van der Waals surface area contributed by atoms with Crippen LogP contribution in [0.5, 0.6) is 0 Å². The SMILES string of the molecule is CCCN1C(=O)c2c(C(=O)NCCc3ccc(Cl)cc3)ncn2C[C@]1(C)C(=O)NCc1ccc(F)cc1. The number of hydrogen-bond donors (Lipinski definition) is 2. The van der Waals surface area contributed by atoms with Crippen molar-refractivity contribution in [1.29, 1.82) is 0 Å². The van der Waals surface area contributed by atoms with E-state index >= 15 is 0 Å². The number of carbonyl (C=O) groups is 3. The van der Waals surface area contributed by atoms with Gasteiger partial charge in [-0.25, -0.2) is 9.37 Å². The third-order valence-corrected chi connectivity index (χ3v) is 6.74. The molecule has 3 aromatic rings. The van der Waals surface area contributed by atoms with Gasteiger partial charge in [0.25, 0.3) is 11.8 Å². The Kier molecular flexibility index (Phi) is 7.92. The number of carbonyl (C=O) groups excluding carboxylic acids is 3. The number of rotatable bonds is 9. The predicted octanol–water partition coefficient (Wildman–Crippen LogP) is 3.59. The van der Waals surface area contributed by atoms with Crippen LogP contribution in [0.15, 0.2) is 54.9 Å². The lowest BCUT2D eigenvalue weighted by Crippen LogP contribution is -2.64. The number of imidazole rings is 1. The summed E-state index contributed by atoms with van der Waals surface area (Å²) in [7, 11) is 0. The summed E-state index contributed by atoms with van der Waals surface area (Å²) < 4.78 is 14.8. The number of halogens is 2. The van der Waals surface area contributed by atoms with Crippen LogP contribution in [-0.2, 0) is 24.3 Å². The van der Waals surface area contributed by atoms with Crippen LogP contribution >= 0.6 is 11.6 Å². The highest BCUT2D eigenvalue weighted by Gasteiger charge is 2.48. The molecule has 0 bridgehead atoms. The van der Waals surface area contributed by atoms with E-state index in [9.17, 15) is 18.8 Å². The van der Waals surface area contributed by atoms with Gasteiger partial charge in [0.1, 0.15) is 17.1 Å². The summed E-state index contributed by atoms with van der Waals surface area (Å²) in [6.45, 7) is 4.66. The van der Waals surface area contributed by atoms with Crippen molar-refractivity contribution >= 4 is 29.3 Å². The zero-order valence-electron chi connectivity index (χ0n) is 20.8. The van der Waals surface area contributed by atoms with Crippen LogP contribution in [0.1, 0.15) is 52.4 Å². The molecule has 0 fully saturated rings. The molecule has 194 valence electrons. The van der Waals surface area contributed by atoms with Gasteiger partial charge < -0.3 is 20.1 Å². The predicted molar refractivity (Wildman–Crippen MR) is 138 cm³/mol. The molecule has 10 heteroatoms. The van der Waals surface area contributed by atoms with Gasteiger partial charge in [0.15, 0.2) is 5.69 Å². The number of aromatic nitrogens is 2. The van der Waals surface area contributed by atoms with E-state index in [2.05, 4.69) is 15.6 Å². The second kappa shape index (κ2) is 11.1. The van der Waals surface area contributed by atoms with Gasteiger partial charge in [-0.1, -0.05) is 42.8 Å². The fourth-order valence-electron chi connectivity index (χ4n) is 4.46. The normalized spacial score (nSPS) is 16.9. The summed E-state index contributed by atoms with van der Waals surface area (Å²) in [4.78, 5) is 45.6. The van der Waals surface area contributed by atoms with Crippen LogP contribution in [0.3, 0.4) is 0 Å². The molecule has 0 saturated carbocycles. The van der Waals surface area contributed by atoms with E-state index in [-0.39, 0.29) is 36.2 Å². The van der Waals surface area contributed by atoms with Crippen molar-refractivity contribution in [3.8, 4) is 0 Å². The number of nitrogens with one attached hydrogen (secondary N) is 2. The monoisotopic (exact) mass is 525 g/mol. The molecule has 0 radical (unpaired) electrons. The van der Waals surface area contributed by atoms with Crippen molar-refractivity contribution in [2.24, 2.45) is 0 Å². The maximum atomic E-state index is 13.6. The molecule has 0 spiro atoms. The maximum absolute atomic E-state index is 13.6. The summed E-state index contributed by atoms with van der Waals surface area (Å²) in [5, 5.41) is 6.34. The van der Waals surface area contributed by atoms with Crippen LogP contribution in [0.25, 0.3) is 0 Å². The molecule has 1 aliphatic rings. The van der Waals surface area contributed by atoms with Gasteiger partial charge in [-0.05, 0) is 55.2 Å². The van der Waals surface area contributed by atoms with E-state index in [1.807, 2.05) is 19.1 Å². The smallest absolute Gasteiger partial charge is 0.273 e. The third-order valence-electron chi connectivity index (χ3n) is 6.49. The fraction of sp³-hybridized carbons (Fsp3) is 0.333. The van der Waals surface area contributed by atoms with Crippen molar-refractivity contribution in [3.05, 3.63) is 88.2 Å². The van der Waals surface area contributed by atoms with Gasteiger partial charge in [-0.2, -0.15) is 0 Å². The molecule has 8 nitrogen and oxygen atoms in total. The highest BCUT2D eigenvalue weighted by molar-refractivity contribution is 6.30. The first-order valence-corrected chi connectivity index (χ1v) is 12.5. The molecule has 4 rings (SSSR count). The van der Waals surface area contributed by atoms with Gasteiger partial charge >= 0.3 is 0 Å². The molecule has 0 saturated heterocycles. The number of nitrogens with zero attached hydrogens (tertiary/aromatic N) is 3. The van der Waals surface area contributed by atoms with Gasteiger partial charge in [0.2, 0.25) is 5.91 Å². The van der Waals surface area contributed by atoms with E-state index in [4.69, 9.17) is 11.6 Å². The molecule has 2 aromatic carbocycles. The summed E-state index contributed by atoms with van der Waals surface area (Å²) in [5.41, 5.74) is 0.771. The van der Waals surface area contributed by atoms with Gasteiger partial charge in [-0.3, -0.25) is 14.4 Å². The second-order valence-electron chi connectivity index (χ2n) is 9.24. The van der Waals surface area contributed by atoms with Gasteiger partial charge in [0.05, 0.1) is 12.9 Å². The van der Waals surface area contributed by atoms with E-state index in [0.29, 0.717) is 31.0 Å². The molecule has 1 atom stereocenters. The Labute approximate surface area is 219 Å². The molecule has 1 aromatic heterocycles. The van der Waals surface area contributed by atoms with Crippen LogP contribution in [0, 0.1) is 5.82 Å². The molecule has 37 heavy (non-hydrogen) atoms. The quantitative estimate of drug-likeness (QED) is 0.446. The minimum absolute atomic E-state index is 0.0379. The van der Waals surface area contributed by atoms with Crippen molar-refractivity contribution in [2.75, 3.05) is 13.1 Å². The standard InChI is InChI=1S/C27H29ClFN5O3/c1-3-14-34-25(36)23-22(24(35)30-13-12-18-4-8-20(28)9-5-18)32-17-33(23)16-27(34,2)26(37)31-15-19-6-10-21(29)11-7-19/h4-11,17H,3,12-16H2,1-2H3,(H,30,35)(H,31,37)/t27-/m1/s1. The molecule has 2 N–H and O–H groups in total. The molecule has 3 amide bonds. The third kappa shape index (κ3) is 5.67. The summed E-state index contributed by atoms with van der Waals surface area (Å²) in [5.74, 6) is -1.57. The zero-order valence-corrected chi connectivity index (χ0v) is 21.5. The fourth-order valence-corrected chi connectivity index (χ4v) is 4.58. The molecule has 0 aliphatic carbocycles. The number of hydrogen-bond acceptors (Lipinski definition) is 4. The van der Waals surface area contributed by atoms with Crippen molar-refractivity contribution < 1.29 is 18.8 Å². The van der Waals surface area contributed by atoms with E-state index in [1.165, 1.54) is 23.4 Å². The van der Waals surface area contributed by atoms with E-state index in [1.54, 1.807) is 35.8 Å². The Morgan fingerprint density at radius 1 is 1.08 bits per heavy atom. The van der Waals surface area contributed by atoms with Crippen LogP contribution < -0.4 is 10.6 Å². The lowest BCUT2D eigenvalue weighted by molar-refractivity contribution is -0.133. The molecule has 1 aliphatic heterocycles. The van der Waals surface area contributed by atoms with Gasteiger partial charge in [-0.15, -0.1) is 0 Å². The number of amides is 3. The largest absolute Gasteiger partial charge is 0.350 e. The van der Waals surface area contributed by atoms with Crippen LogP contribution in [0.2, 0.25) is 5.02 Å².